The summed E-state index contributed by atoms with van der Waals surface area (Å²) in [5, 5.41) is 9.54. The highest BCUT2D eigenvalue weighted by atomic mass is 19.1. The first-order valence-corrected chi connectivity index (χ1v) is 4.62. The molecule has 0 aliphatic heterocycles. The third-order valence-corrected chi connectivity index (χ3v) is 2.00. The van der Waals surface area contributed by atoms with E-state index in [-0.39, 0.29) is 11.9 Å². The summed E-state index contributed by atoms with van der Waals surface area (Å²) in [4.78, 5) is 0. The summed E-state index contributed by atoms with van der Waals surface area (Å²) in [5.74, 6) is -0.298. The van der Waals surface area contributed by atoms with Gasteiger partial charge in [-0.25, -0.2) is 4.39 Å². The molecule has 78 valence electrons. The van der Waals surface area contributed by atoms with E-state index in [1.807, 2.05) is 0 Å². The Bertz CT molecular complexity index is 306. The summed E-state index contributed by atoms with van der Waals surface area (Å²) in [6.07, 6.45) is 0.413. The van der Waals surface area contributed by atoms with Gasteiger partial charge in [0.05, 0.1) is 5.60 Å². The molecular formula is C11H16FNO. The molecule has 0 amide bonds. The zero-order chi connectivity index (χ0) is 10.8. The molecule has 0 radical (unpaired) electrons. The molecule has 3 N–H and O–H groups in total. The monoisotopic (exact) mass is 197 g/mol. The number of halogens is 1. The highest BCUT2D eigenvalue weighted by Gasteiger charge is 2.18. The number of rotatable bonds is 3. The molecule has 0 aliphatic rings. The Balaban J connectivity index is 2.74. The van der Waals surface area contributed by atoms with Gasteiger partial charge in [0.1, 0.15) is 5.82 Å². The Morgan fingerprint density at radius 1 is 1.50 bits per heavy atom. The molecule has 3 heteroatoms. The van der Waals surface area contributed by atoms with Crippen molar-refractivity contribution < 1.29 is 9.50 Å². The van der Waals surface area contributed by atoms with Crippen LogP contribution in [0.5, 0.6) is 0 Å². The molecule has 0 spiro atoms. The van der Waals surface area contributed by atoms with Gasteiger partial charge >= 0.3 is 0 Å². The highest BCUT2D eigenvalue weighted by molar-refractivity contribution is 5.20. The van der Waals surface area contributed by atoms with E-state index < -0.39 is 5.60 Å². The van der Waals surface area contributed by atoms with Gasteiger partial charge in [-0.3, -0.25) is 0 Å². The van der Waals surface area contributed by atoms with Gasteiger partial charge in [-0.1, -0.05) is 12.1 Å². The predicted octanol–water partition coefficient (Wildman–Crippen LogP) is 1.99. The lowest BCUT2D eigenvalue weighted by molar-refractivity contribution is 0.0635. The topological polar surface area (TPSA) is 46.2 Å². The van der Waals surface area contributed by atoms with E-state index in [1.165, 1.54) is 12.1 Å². The van der Waals surface area contributed by atoms with Crippen molar-refractivity contribution in [1.29, 1.82) is 0 Å². The van der Waals surface area contributed by atoms with Crippen LogP contribution in [-0.2, 0) is 0 Å². The van der Waals surface area contributed by atoms with Crippen LogP contribution in [0.25, 0.3) is 0 Å². The third kappa shape index (κ3) is 3.44. The van der Waals surface area contributed by atoms with Crippen LogP contribution in [0.1, 0.15) is 31.9 Å². The second-order valence-electron chi connectivity index (χ2n) is 4.18. The third-order valence-electron chi connectivity index (χ3n) is 2.00. The summed E-state index contributed by atoms with van der Waals surface area (Å²) < 4.78 is 12.8. The van der Waals surface area contributed by atoms with Gasteiger partial charge in [0.15, 0.2) is 0 Å². The normalized spacial score (nSPS) is 14.1. The molecule has 0 heterocycles. The van der Waals surface area contributed by atoms with E-state index in [1.54, 1.807) is 26.0 Å². The van der Waals surface area contributed by atoms with Crippen LogP contribution >= 0.6 is 0 Å². The van der Waals surface area contributed by atoms with Crippen molar-refractivity contribution in [2.45, 2.75) is 31.9 Å². The van der Waals surface area contributed by atoms with Crippen molar-refractivity contribution in [3.8, 4) is 0 Å². The van der Waals surface area contributed by atoms with Gasteiger partial charge in [-0.2, -0.15) is 0 Å². The first-order chi connectivity index (χ1) is 6.38. The quantitative estimate of drug-likeness (QED) is 0.778. The molecule has 0 aliphatic carbocycles. The Labute approximate surface area is 83.6 Å². The lowest BCUT2D eigenvalue weighted by Crippen LogP contribution is -2.26. The Morgan fingerprint density at radius 3 is 2.64 bits per heavy atom. The molecule has 0 saturated carbocycles. The van der Waals surface area contributed by atoms with Crippen molar-refractivity contribution in [2.75, 3.05) is 0 Å². The predicted molar refractivity (Wildman–Crippen MR) is 54.2 cm³/mol. The second kappa shape index (κ2) is 4.07. The number of hydrogen-bond acceptors (Lipinski definition) is 2. The van der Waals surface area contributed by atoms with E-state index in [0.29, 0.717) is 12.0 Å². The number of hydrogen-bond donors (Lipinski definition) is 2. The van der Waals surface area contributed by atoms with Gasteiger partial charge in [-0.15, -0.1) is 0 Å². The lowest BCUT2D eigenvalue weighted by Gasteiger charge is -2.22. The number of aliphatic hydroxyl groups is 1. The summed E-state index contributed by atoms with van der Waals surface area (Å²) in [6.45, 7) is 3.37. The largest absolute Gasteiger partial charge is 0.390 e. The van der Waals surface area contributed by atoms with Crippen LogP contribution in [0.15, 0.2) is 24.3 Å². The molecule has 0 aromatic heterocycles. The number of benzene rings is 1. The molecule has 14 heavy (non-hydrogen) atoms. The molecule has 1 atom stereocenters. The maximum absolute atomic E-state index is 12.8. The van der Waals surface area contributed by atoms with E-state index in [0.717, 1.165) is 0 Å². The van der Waals surface area contributed by atoms with E-state index in [2.05, 4.69) is 0 Å². The second-order valence-corrected chi connectivity index (χ2v) is 4.18. The summed E-state index contributed by atoms with van der Waals surface area (Å²) in [7, 11) is 0. The Kier molecular flexibility index (Phi) is 3.24. The van der Waals surface area contributed by atoms with Gasteiger partial charge in [0.25, 0.3) is 0 Å². The average Bonchev–Trinajstić information content (AvgIpc) is 2.01. The van der Waals surface area contributed by atoms with Crippen molar-refractivity contribution in [2.24, 2.45) is 5.73 Å². The first-order valence-electron chi connectivity index (χ1n) is 4.62. The highest BCUT2D eigenvalue weighted by Crippen LogP contribution is 2.21. The zero-order valence-electron chi connectivity index (χ0n) is 8.50. The maximum Gasteiger partial charge on any atom is 0.123 e. The molecular weight excluding hydrogens is 181 g/mol. The van der Waals surface area contributed by atoms with E-state index in [4.69, 9.17) is 5.73 Å². The zero-order valence-corrected chi connectivity index (χ0v) is 8.50. The van der Waals surface area contributed by atoms with Gasteiger partial charge in [0, 0.05) is 6.04 Å². The van der Waals surface area contributed by atoms with Gasteiger partial charge in [-0.05, 0) is 38.0 Å². The summed E-state index contributed by atoms with van der Waals surface area (Å²) in [6, 6.07) is 5.83. The SMILES string of the molecule is CC(C)(O)CC(N)c1cccc(F)c1. The van der Waals surface area contributed by atoms with Crippen molar-refractivity contribution in [3.63, 3.8) is 0 Å². The molecule has 1 unspecified atom stereocenters. The minimum Gasteiger partial charge on any atom is -0.390 e. The lowest BCUT2D eigenvalue weighted by atomic mass is 9.95. The number of nitrogens with two attached hydrogens (primary N) is 1. The molecule has 0 saturated heterocycles. The molecule has 2 nitrogen and oxygen atoms in total. The van der Waals surface area contributed by atoms with Crippen molar-refractivity contribution in [3.05, 3.63) is 35.6 Å². The van der Waals surface area contributed by atoms with Crippen LogP contribution in [-0.4, -0.2) is 10.7 Å². The van der Waals surface area contributed by atoms with Gasteiger partial charge < -0.3 is 10.8 Å². The first kappa shape index (κ1) is 11.1. The Hall–Kier alpha value is -0.930. The van der Waals surface area contributed by atoms with Crippen molar-refractivity contribution in [1.82, 2.24) is 0 Å². The maximum atomic E-state index is 12.8. The van der Waals surface area contributed by atoms with Crippen LogP contribution in [0.4, 0.5) is 4.39 Å². The van der Waals surface area contributed by atoms with E-state index >= 15 is 0 Å². The molecule has 0 fully saturated rings. The standard InChI is InChI=1S/C11H16FNO/c1-11(2,14)7-10(13)8-4-3-5-9(12)6-8/h3-6,10,14H,7,13H2,1-2H3. The Morgan fingerprint density at radius 2 is 2.14 bits per heavy atom. The fourth-order valence-corrected chi connectivity index (χ4v) is 1.39. The molecule has 1 rings (SSSR count). The smallest absolute Gasteiger partial charge is 0.123 e. The fourth-order valence-electron chi connectivity index (χ4n) is 1.39. The fraction of sp³-hybridized carbons (Fsp3) is 0.455. The minimum atomic E-state index is -0.828. The van der Waals surface area contributed by atoms with Crippen LogP contribution in [0, 0.1) is 5.82 Å². The minimum absolute atomic E-state index is 0.298. The van der Waals surface area contributed by atoms with Crippen molar-refractivity contribution >= 4 is 0 Å². The van der Waals surface area contributed by atoms with Crippen LogP contribution < -0.4 is 5.73 Å². The van der Waals surface area contributed by atoms with Crippen LogP contribution in [0.2, 0.25) is 0 Å². The summed E-state index contributed by atoms with van der Waals surface area (Å²) in [5.41, 5.74) is 5.71. The van der Waals surface area contributed by atoms with Gasteiger partial charge in [0.2, 0.25) is 0 Å². The average molecular weight is 197 g/mol. The van der Waals surface area contributed by atoms with E-state index in [9.17, 15) is 9.50 Å². The molecule has 1 aromatic rings. The molecule has 0 bridgehead atoms. The van der Waals surface area contributed by atoms with Crippen LogP contribution in [0.3, 0.4) is 0 Å². The molecule has 1 aromatic carbocycles. The summed E-state index contributed by atoms with van der Waals surface area (Å²) >= 11 is 0.